The number of benzene rings is 2. The molecule has 0 aromatic heterocycles. The van der Waals surface area contributed by atoms with Crippen molar-refractivity contribution in [2.75, 3.05) is 12.4 Å². The van der Waals surface area contributed by atoms with Crippen LogP contribution in [0.2, 0.25) is 5.02 Å². The molecule has 0 bridgehead atoms. The molecule has 0 radical (unpaired) electrons. The first-order valence-corrected chi connectivity index (χ1v) is 6.48. The van der Waals surface area contributed by atoms with Gasteiger partial charge in [-0.05, 0) is 35.9 Å². The molecule has 5 heteroatoms. The van der Waals surface area contributed by atoms with Crippen molar-refractivity contribution in [2.24, 2.45) is 0 Å². The fourth-order valence-corrected chi connectivity index (χ4v) is 1.97. The van der Waals surface area contributed by atoms with Gasteiger partial charge in [-0.25, -0.2) is 4.39 Å². The van der Waals surface area contributed by atoms with Gasteiger partial charge in [-0.2, -0.15) is 0 Å². The third-order valence-corrected chi connectivity index (χ3v) is 3.10. The van der Waals surface area contributed by atoms with Gasteiger partial charge in [-0.1, -0.05) is 23.7 Å². The average Bonchev–Trinajstić information content (AvgIpc) is 2.46. The second-order valence-corrected chi connectivity index (χ2v) is 4.69. The molecule has 1 amide bonds. The fraction of sp³-hybridized carbons (Fsp3) is 0.133. The van der Waals surface area contributed by atoms with E-state index in [1.807, 2.05) is 0 Å². The number of hydrogen-bond acceptors (Lipinski definition) is 2. The zero-order valence-electron chi connectivity index (χ0n) is 10.9. The number of carbonyl (C=O) groups is 1. The van der Waals surface area contributed by atoms with Gasteiger partial charge in [0.25, 0.3) is 5.91 Å². The molecular formula is C15H14ClFN2O. The van der Waals surface area contributed by atoms with Crippen molar-refractivity contribution >= 4 is 23.2 Å². The van der Waals surface area contributed by atoms with Crippen LogP contribution < -0.4 is 10.6 Å². The molecule has 2 aromatic rings. The van der Waals surface area contributed by atoms with E-state index in [9.17, 15) is 9.18 Å². The molecule has 2 rings (SSSR count). The Morgan fingerprint density at radius 3 is 2.55 bits per heavy atom. The summed E-state index contributed by atoms with van der Waals surface area (Å²) in [4.78, 5) is 12.1. The molecule has 3 nitrogen and oxygen atoms in total. The molecule has 0 fully saturated rings. The van der Waals surface area contributed by atoms with Crippen molar-refractivity contribution in [1.82, 2.24) is 5.32 Å². The van der Waals surface area contributed by atoms with Crippen molar-refractivity contribution in [3.8, 4) is 0 Å². The highest BCUT2D eigenvalue weighted by molar-refractivity contribution is 6.31. The molecule has 0 unspecified atom stereocenters. The van der Waals surface area contributed by atoms with Gasteiger partial charge in [-0.3, -0.25) is 4.79 Å². The van der Waals surface area contributed by atoms with E-state index >= 15 is 0 Å². The number of nitrogens with one attached hydrogen (secondary N) is 2. The third-order valence-electron chi connectivity index (χ3n) is 2.86. The molecule has 0 aliphatic heterocycles. The summed E-state index contributed by atoms with van der Waals surface area (Å²) in [6.45, 7) is 0.328. The second kappa shape index (κ2) is 6.39. The lowest BCUT2D eigenvalue weighted by molar-refractivity contribution is 0.0951. The molecule has 0 saturated heterocycles. The van der Waals surface area contributed by atoms with Crippen LogP contribution in [0.3, 0.4) is 0 Å². The molecule has 0 saturated carbocycles. The largest absolute Gasteiger partial charge is 0.387 e. The highest BCUT2D eigenvalue weighted by Crippen LogP contribution is 2.20. The predicted octanol–water partition coefficient (Wildman–Crippen LogP) is 3.45. The number of halogens is 2. The minimum absolute atomic E-state index is 0.235. The van der Waals surface area contributed by atoms with Gasteiger partial charge in [0, 0.05) is 24.3 Å². The number of hydrogen-bond donors (Lipinski definition) is 2. The van der Waals surface area contributed by atoms with Crippen LogP contribution in [-0.4, -0.2) is 13.0 Å². The smallest absolute Gasteiger partial charge is 0.253 e. The van der Waals surface area contributed by atoms with Gasteiger partial charge in [0.05, 0.1) is 5.56 Å². The van der Waals surface area contributed by atoms with Crippen LogP contribution >= 0.6 is 11.6 Å². The van der Waals surface area contributed by atoms with E-state index < -0.39 is 0 Å². The van der Waals surface area contributed by atoms with Crippen LogP contribution in [0.4, 0.5) is 10.1 Å². The predicted molar refractivity (Wildman–Crippen MR) is 78.6 cm³/mol. The van der Waals surface area contributed by atoms with E-state index in [0.29, 0.717) is 22.8 Å². The quantitative estimate of drug-likeness (QED) is 0.906. The molecule has 20 heavy (non-hydrogen) atoms. The van der Waals surface area contributed by atoms with Gasteiger partial charge in [0.1, 0.15) is 5.82 Å². The summed E-state index contributed by atoms with van der Waals surface area (Å²) in [6, 6.07) is 11.0. The van der Waals surface area contributed by atoms with E-state index in [4.69, 9.17) is 11.6 Å². The standard InChI is InChI=1S/C15H14ClFN2O/c1-18-14-7-4-11(16)8-13(14)15(20)19-9-10-2-5-12(17)6-3-10/h2-8,18H,9H2,1H3,(H,19,20). The summed E-state index contributed by atoms with van der Waals surface area (Å²) in [6.07, 6.45) is 0. The Labute approximate surface area is 121 Å². The molecular weight excluding hydrogens is 279 g/mol. The van der Waals surface area contributed by atoms with Crippen LogP contribution in [0.25, 0.3) is 0 Å². The van der Waals surface area contributed by atoms with Crippen LogP contribution in [0, 0.1) is 5.82 Å². The normalized spacial score (nSPS) is 10.2. The van der Waals surface area contributed by atoms with Gasteiger partial charge < -0.3 is 10.6 Å². The highest BCUT2D eigenvalue weighted by atomic mass is 35.5. The first-order chi connectivity index (χ1) is 9.60. The fourth-order valence-electron chi connectivity index (χ4n) is 1.80. The topological polar surface area (TPSA) is 41.1 Å². The minimum atomic E-state index is -0.299. The third kappa shape index (κ3) is 3.48. The lowest BCUT2D eigenvalue weighted by atomic mass is 10.1. The van der Waals surface area contributed by atoms with Crippen molar-refractivity contribution < 1.29 is 9.18 Å². The Bertz CT molecular complexity index is 614. The van der Waals surface area contributed by atoms with Gasteiger partial charge in [0.2, 0.25) is 0 Å². The Kier molecular flexibility index (Phi) is 4.58. The summed E-state index contributed by atoms with van der Waals surface area (Å²) >= 11 is 5.90. The van der Waals surface area contributed by atoms with Crippen LogP contribution in [0.5, 0.6) is 0 Å². The summed E-state index contributed by atoms with van der Waals surface area (Å²) in [5.41, 5.74) is 2.00. The zero-order chi connectivity index (χ0) is 14.5. The molecule has 0 heterocycles. The molecule has 104 valence electrons. The average molecular weight is 293 g/mol. The van der Waals surface area contributed by atoms with Gasteiger partial charge in [-0.15, -0.1) is 0 Å². The second-order valence-electron chi connectivity index (χ2n) is 4.25. The van der Waals surface area contributed by atoms with E-state index in [0.717, 1.165) is 5.56 Å². The monoisotopic (exact) mass is 292 g/mol. The Morgan fingerprint density at radius 2 is 1.90 bits per heavy atom. The van der Waals surface area contributed by atoms with Gasteiger partial charge in [0.15, 0.2) is 0 Å². The van der Waals surface area contributed by atoms with Crippen LogP contribution in [-0.2, 0) is 6.54 Å². The summed E-state index contributed by atoms with van der Waals surface area (Å²) in [5.74, 6) is -0.534. The van der Waals surface area contributed by atoms with E-state index in [-0.39, 0.29) is 11.7 Å². The molecule has 0 aliphatic carbocycles. The number of anilines is 1. The van der Waals surface area contributed by atoms with Crippen LogP contribution in [0.1, 0.15) is 15.9 Å². The first kappa shape index (κ1) is 14.3. The highest BCUT2D eigenvalue weighted by Gasteiger charge is 2.11. The van der Waals surface area contributed by atoms with Crippen LogP contribution in [0.15, 0.2) is 42.5 Å². The Hall–Kier alpha value is -2.07. The lowest BCUT2D eigenvalue weighted by Crippen LogP contribution is -2.23. The molecule has 0 aliphatic rings. The Morgan fingerprint density at radius 1 is 1.20 bits per heavy atom. The van der Waals surface area contributed by atoms with E-state index in [2.05, 4.69) is 10.6 Å². The first-order valence-electron chi connectivity index (χ1n) is 6.10. The summed E-state index contributed by atoms with van der Waals surface area (Å²) in [5, 5.41) is 6.21. The van der Waals surface area contributed by atoms with Crippen molar-refractivity contribution in [3.63, 3.8) is 0 Å². The maximum Gasteiger partial charge on any atom is 0.253 e. The van der Waals surface area contributed by atoms with E-state index in [1.54, 1.807) is 37.4 Å². The summed E-state index contributed by atoms with van der Waals surface area (Å²) in [7, 11) is 1.74. The summed E-state index contributed by atoms with van der Waals surface area (Å²) < 4.78 is 12.8. The molecule has 0 atom stereocenters. The minimum Gasteiger partial charge on any atom is -0.387 e. The van der Waals surface area contributed by atoms with Crippen molar-refractivity contribution in [2.45, 2.75) is 6.54 Å². The SMILES string of the molecule is CNc1ccc(Cl)cc1C(=O)NCc1ccc(F)cc1. The maximum atomic E-state index is 12.8. The maximum absolute atomic E-state index is 12.8. The van der Waals surface area contributed by atoms with Crippen molar-refractivity contribution in [1.29, 1.82) is 0 Å². The Balaban J connectivity index is 2.08. The zero-order valence-corrected chi connectivity index (χ0v) is 11.7. The molecule has 2 aromatic carbocycles. The number of amides is 1. The molecule has 0 spiro atoms. The lowest BCUT2D eigenvalue weighted by Gasteiger charge is -2.10. The number of carbonyl (C=O) groups excluding carboxylic acids is 1. The molecule has 2 N–H and O–H groups in total. The van der Waals surface area contributed by atoms with Gasteiger partial charge >= 0.3 is 0 Å². The number of rotatable bonds is 4. The van der Waals surface area contributed by atoms with E-state index in [1.165, 1.54) is 12.1 Å². The van der Waals surface area contributed by atoms with Crippen molar-refractivity contribution in [3.05, 3.63) is 64.4 Å².